The Morgan fingerprint density at radius 3 is 1.27 bits per heavy atom. The van der Waals surface area contributed by atoms with Gasteiger partial charge in [0, 0.05) is 42.1 Å². The summed E-state index contributed by atoms with van der Waals surface area (Å²) in [7, 11) is 7.21. The van der Waals surface area contributed by atoms with Gasteiger partial charge in [-0.3, -0.25) is 0 Å². The van der Waals surface area contributed by atoms with Crippen LogP contribution in [-0.2, 0) is 42.1 Å². The quantitative estimate of drug-likeness (QED) is 0.161. The van der Waals surface area contributed by atoms with Crippen molar-refractivity contribution in [2.45, 2.75) is 0 Å². The molecule has 6 heterocycles. The van der Waals surface area contributed by atoms with Gasteiger partial charge in [-0.25, -0.2) is 0 Å². The second-order valence-corrected chi connectivity index (χ2v) is 12.2. The summed E-state index contributed by atoms with van der Waals surface area (Å²) in [5.41, 5.74) is 5.59. The summed E-state index contributed by atoms with van der Waals surface area (Å²) in [6, 6.07) is 45.9. The van der Waals surface area contributed by atoms with Crippen molar-refractivity contribution in [1.29, 1.82) is 0 Å². The Hall–Kier alpha value is -5.56. The van der Waals surface area contributed by atoms with Crippen LogP contribution in [0.4, 0.5) is 11.4 Å². The van der Waals surface area contributed by atoms with Crippen LogP contribution in [0.25, 0.3) is 43.9 Å². The fourth-order valence-electron chi connectivity index (χ4n) is 5.78. The van der Waals surface area contributed by atoms with Crippen molar-refractivity contribution in [2.75, 3.05) is 38.1 Å². The second-order valence-electron chi connectivity index (χ2n) is 12.2. The summed E-state index contributed by atoms with van der Waals surface area (Å²) in [6.07, 6.45) is 8.01. The van der Waals surface area contributed by atoms with Gasteiger partial charge >= 0.3 is 0 Å². The standard InChI is InChI=1S/2C12H9N2O.2C10H10N2.2Pt/c2*1-15-11-7-6-9-8-4-2-3-5-10(8)13-12(9)14-11;2*1-11-7-8-12(9-11)10-5-3-2-4-6-10;;/h2*2-7H,1H3;2*2-5,7-9H,1H3;;/q2*-1;2*-2;;. The van der Waals surface area contributed by atoms with Gasteiger partial charge in [0.25, 0.3) is 0 Å². The smallest absolute Gasteiger partial charge is 0.110 e. The van der Waals surface area contributed by atoms with E-state index >= 15 is 0 Å². The van der Waals surface area contributed by atoms with Crippen LogP contribution in [0, 0.1) is 25.5 Å². The molecule has 0 N–H and O–H groups in total. The molecule has 0 unspecified atom stereocenters. The van der Waals surface area contributed by atoms with Crippen LogP contribution in [0.5, 0.6) is 11.8 Å². The first kappa shape index (κ1) is 41.6. The number of nitrogens with zero attached hydrogens (tertiary/aromatic N) is 8. The molecule has 292 valence electrons. The van der Waals surface area contributed by atoms with E-state index in [1.807, 2.05) is 181 Å². The average molecular weight is 1100 g/mol. The van der Waals surface area contributed by atoms with E-state index in [1.54, 1.807) is 14.2 Å². The third-order valence-electron chi connectivity index (χ3n) is 8.44. The second kappa shape index (κ2) is 19.9. The number of anilines is 2. The molecule has 2 aliphatic rings. The normalized spacial score (nSPS) is 12.6. The van der Waals surface area contributed by atoms with Crippen molar-refractivity contribution in [3.05, 3.63) is 172 Å². The van der Waals surface area contributed by atoms with Crippen molar-refractivity contribution < 1.29 is 51.6 Å². The maximum atomic E-state index is 5.07. The molecule has 0 atom stereocenters. The largest absolute Gasteiger partial charge is 0.510 e. The number of methoxy groups -OCH3 is 2. The van der Waals surface area contributed by atoms with Crippen LogP contribution in [0.3, 0.4) is 0 Å². The Morgan fingerprint density at radius 2 is 0.911 bits per heavy atom. The summed E-state index contributed by atoms with van der Waals surface area (Å²) >= 11 is 0. The molecule has 10 rings (SSSR count). The third kappa shape index (κ3) is 9.99. The van der Waals surface area contributed by atoms with Gasteiger partial charge in [0.1, 0.15) is 11.8 Å². The van der Waals surface area contributed by atoms with E-state index in [1.165, 1.54) is 0 Å². The number of pyridine rings is 2. The van der Waals surface area contributed by atoms with Gasteiger partial charge in [-0.05, 0) is 94.9 Å². The topological polar surface area (TPSA) is 85.4 Å². The van der Waals surface area contributed by atoms with Crippen LogP contribution >= 0.6 is 0 Å². The molecule has 4 aromatic heterocycles. The first-order valence-corrected chi connectivity index (χ1v) is 17.2. The molecule has 0 saturated carbocycles. The Balaban J connectivity index is 0.000000142. The molecule has 2 aliphatic heterocycles. The number of ether oxygens (including phenoxy) is 2. The van der Waals surface area contributed by atoms with Gasteiger partial charge in [0.05, 0.1) is 14.2 Å². The van der Waals surface area contributed by atoms with E-state index in [9.17, 15) is 0 Å². The van der Waals surface area contributed by atoms with E-state index in [2.05, 4.69) is 44.2 Å². The van der Waals surface area contributed by atoms with Gasteiger partial charge in [-0.1, -0.05) is 60.7 Å². The summed E-state index contributed by atoms with van der Waals surface area (Å²) in [4.78, 5) is 25.5. The molecule has 0 amide bonds. The summed E-state index contributed by atoms with van der Waals surface area (Å²) in [5.74, 6) is 1.20. The van der Waals surface area contributed by atoms with E-state index < -0.39 is 0 Å². The number of rotatable bonds is 4. The summed E-state index contributed by atoms with van der Waals surface area (Å²) in [5, 5.41) is 4.43. The van der Waals surface area contributed by atoms with Crippen LogP contribution in [0.2, 0.25) is 0 Å². The summed E-state index contributed by atoms with van der Waals surface area (Å²) < 4.78 is 10.1. The van der Waals surface area contributed by atoms with Crippen LogP contribution < -0.4 is 29.2 Å². The van der Waals surface area contributed by atoms with E-state index in [-0.39, 0.29) is 42.1 Å². The van der Waals surface area contributed by atoms with Crippen molar-refractivity contribution in [3.63, 3.8) is 0 Å². The zero-order valence-corrected chi connectivity index (χ0v) is 35.6. The van der Waals surface area contributed by atoms with E-state index in [4.69, 9.17) is 9.47 Å². The molecule has 0 aliphatic carbocycles. The average Bonchev–Trinajstić information content (AvgIpc) is 4.03. The molecule has 12 heteroatoms. The number of hydrogen-bond donors (Lipinski definition) is 0. The van der Waals surface area contributed by atoms with Gasteiger partial charge in [-0.2, -0.15) is 74.0 Å². The number of fused-ring (bicyclic) bond motifs is 6. The predicted octanol–water partition coefficient (Wildman–Crippen LogP) is 8.36. The molecule has 0 saturated heterocycles. The number of benzene rings is 4. The molecular weight excluding hydrogens is 1060 g/mol. The van der Waals surface area contributed by atoms with E-state index in [0.717, 1.165) is 55.2 Å². The monoisotopic (exact) mass is 1100 g/mol. The summed E-state index contributed by atoms with van der Waals surface area (Å²) in [6.45, 7) is 4.01. The fraction of sp³-hybridized carbons (Fsp3) is 0.0909. The van der Waals surface area contributed by atoms with Crippen molar-refractivity contribution in [1.82, 2.24) is 29.7 Å². The van der Waals surface area contributed by atoms with Gasteiger partial charge < -0.3 is 49.0 Å². The fourth-order valence-corrected chi connectivity index (χ4v) is 5.78. The Morgan fingerprint density at radius 1 is 0.500 bits per heavy atom. The molecule has 0 bridgehead atoms. The predicted molar refractivity (Wildman–Crippen MR) is 216 cm³/mol. The number of para-hydroxylation sites is 4. The van der Waals surface area contributed by atoms with Crippen LogP contribution in [0.15, 0.2) is 146 Å². The minimum Gasteiger partial charge on any atom is -0.510 e. The zero-order valence-electron chi connectivity index (χ0n) is 31.0. The van der Waals surface area contributed by atoms with Crippen molar-refractivity contribution >= 4 is 55.2 Å². The molecule has 0 radical (unpaired) electrons. The van der Waals surface area contributed by atoms with Gasteiger partial charge in [-0.15, -0.1) is 11.4 Å². The number of aromatic nitrogens is 4. The maximum absolute atomic E-state index is 5.07. The Kier molecular flexibility index (Phi) is 14.7. The first-order chi connectivity index (χ1) is 26.5. The SMILES string of the molecule is CN1C=CN(c2[c-]cccc2)[CH-]1.CN1C=CN(c2[c-]cccc2)[CH-]1.COc1ccc2c(n1)[n-]c1ccccc12.COc1ccc2c(n1)[n-]c1ccccc12.[Pt].[Pt]. The molecule has 0 fully saturated rings. The van der Waals surface area contributed by atoms with Crippen LogP contribution in [-0.4, -0.2) is 48.1 Å². The van der Waals surface area contributed by atoms with E-state index in [0.29, 0.717) is 11.8 Å². The maximum Gasteiger partial charge on any atom is 0.110 e. The zero-order chi connectivity index (χ0) is 37.3. The Bertz CT molecular complexity index is 2330. The van der Waals surface area contributed by atoms with Crippen molar-refractivity contribution in [3.8, 4) is 11.8 Å². The van der Waals surface area contributed by atoms with Gasteiger partial charge in [0.2, 0.25) is 0 Å². The van der Waals surface area contributed by atoms with Crippen LogP contribution in [0.1, 0.15) is 0 Å². The molecule has 56 heavy (non-hydrogen) atoms. The molecule has 10 nitrogen and oxygen atoms in total. The molecular formula is C44H38N8O2Pt2-6. The minimum absolute atomic E-state index is 0. The number of hydrogen-bond acceptors (Lipinski definition) is 8. The van der Waals surface area contributed by atoms with Crippen molar-refractivity contribution in [2.24, 2.45) is 0 Å². The Labute approximate surface area is 356 Å². The minimum atomic E-state index is 0. The van der Waals surface area contributed by atoms with Gasteiger partial charge in [0.15, 0.2) is 0 Å². The molecule has 0 spiro atoms. The third-order valence-corrected chi connectivity index (χ3v) is 8.44. The first-order valence-electron chi connectivity index (χ1n) is 17.2. The molecule has 4 aromatic carbocycles. The molecule has 8 aromatic rings.